The van der Waals surface area contributed by atoms with E-state index < -0.39 is 0 Å². The van der Waals surface area contributed by atoms with Crippen molar-refractivity contribution in [2.75, 3.05) is 5.73 Å². The Morgan fingerprint density at radius 2 is 2.33 bits per heavy atom. The first-order valence-electron chi connectivity index (χ1n) is 2.34. The largest absolute Gasteiger partial charge is 0.711 e. The fourth-order valence-corrected chi connectivity index (χ4v) is 0.831. The summed E-state index contributed by atoms with van der Waals surface area (Å²) >= 11 is 3.16. The van der Waals surface area contributed by atoms with E-state index in [2.05, 4.69) is 15.9 Å². The van der Waals surface area contributed by atoms with E-state index in [1.54, 1.807) is 12.1 Å². The summed E-state index contributed by atoms with van der Waals surface area (Å²) in [5.41, 5.74) is 5.24. The summed E-state index contributed by atoms with van der Waals surface area (Å²) in [6.07, 6.45) is 1.35. The van der Waals surface area contributed by atoms with E-state index >= 15 is 0 Å². The zero-order valence-electron chi connectivity index (χ0n) is 4.54. The van der Waals surface area contributed by atoms with Crippen molar-refractivity contribution in [2.24, 2.45) is 0 Å². The zero-order valence-corrected chi connectivity index (χ0v) is 6.13. The molecule has 0 aliphatic heterocycles. The molecule has 4 heteroatoms. The molecule has 0 atom stereocenters. The number of nitrogens with two attached hydrogens (primary N) is 1. The van der Waals surface area contributed by atoms with Gasteiger partial charge in [-0.25, -0.2) is 4.73 Å². The number of rotatable bonds is 0. The van der Waals surface area contributed by atoms with Crippen LogP contribution in [0.25, 0.3) is 0 Å². The summed E-state index contributed by atoms with van der Waals surface area (Å²) in [4.78, 5) is 0. The van der Waals surface area contributed by atoms with Crippen LogP contribution in [0, 0.1) is 5.21 Å². The molecule has 0 unspecified atom stereocenters. The minimum Gasteiger partial charge on any atom is -0.711 e. The average Bonchev–Trinajstić information content (AvgIpc) is 1.80. The summed E-state index contributed by atoms with van der Waals surface area (Å²) in [6.45, 7) is 0. The highest BCUT2D eigenvalue weighted by Crippen LogP contribution is 2.07. The van der Waals surface area contributed by atoms with Gasteiger partial charge in [-0.1, -0.05) is 15.9 Å². The Bertz CT molecular complexity index is 226. The topological polar surface area (TPSA) is 53.0 Å². The van der Waals surface area contributed by atoms with Gasteiger partial charge in [0, 0.05) is 10.5 Å². The quantitative estimate of drug-likeness (QED) is 0.481. The molecule has 0 radical (unpaired) electrons. The molecule has 1 rings (SSSR count). The summed E-state index contributed by atoms with van der Waals surface area (Å²) in [6, 6.07) is 3.18. The van der Waals surface area contributed by atoms with Crippen LogP contribution < -0.4 is 10.5 Å². The molecular formula is C5H5BrN2O. The van der Waals surface area contributed by atoms with Crippen LogP contribution in [0.4, 0.5) is 5.82 Å². The van der Waals surface area contributed by atoms with E-state index in [-0.39, 0.29) is 5.82 Å². The third-order valence-corrected chi connectivity index (χ3v) is 1.40. The van der Waals surface area contributed by atoms with Gasteiger partial charge >= 0.3 is 0 Å². The van der Waals surface area contributed by atoms with Crippen molar-refractivity contribution >= 4 is 21.7 Å². The smallest absolute Gasteiger partial charge is 0.276 e. The van der Waals surface area contributed by atoms with E-state index in [1.807, 2.05) is 0 Å². The van der Waals surface area contributed by atoms with E-state index in [1.165, 1.54) is 6.20 Å². The van der Waals surface area contributed by atoms with Gasteiger partial charge in [-0.15, -0.1) is 0 Å². The van der Waals surface area contributed by atoms with Gasteiger partial charge < -0.3 is 5.21 Å². The number of aromatic nitrogens is 1. The normalized spacial score (nSPS) is 9.44. The van der Waals surface area contributed by atoms with E-state index in [9.17, 15) is 5.21 Å². The van der Waals surface area contributed by atoms with E-state index in [4.69, 9.17) is 5.73 Å². The maximum absolute atomic E-state index is 10.5. The third kappa shape index (κ3) is 1.32. The van der Waals surface area contributed by atoms with Crippen LogP contribution in [0.3, 0.4) is 0 Å². The number of nitrogen functional groups attached to an aromatic ring is 1. The molecule has 0 amide bonds. The molecule has 0 bridgehead atoms. The van der Waals surface area contributed by atoms with Crippen LogP contribution in [0.15, 0.2) is 22.8 Å². The molecule has 1 aromatic heterocycles. The van der Waals surface area contributed by atoms with Crippen molar-refractivity contribution in [3.05, 3.63) is 28.0 Å². The number of halogens is 1. The van der Waals surface area contributed by atoms with Gasteiger partial charge in [0.25, 0.3) is 5.82 Å². The number of nitrogens with zero attached hydrogens (tertiary/aromatic N) is 1. The minimum absolute atomic E-state index is 0.198. The lowest BCUT2D eigenvalue weighted by Crippen LogP contribution is -2.29. The highest BCUT2D eigenvalue weighted by molar-refractivity contribution is 9.10. The Morgan fingerprint density at radius 3 is 2.78 bits per heavy atom. The van der Waals surface area contributed by atoms with Gasteiger partial charge in [0.05, 0.1) is 6.20 Å². The van der Waals surface area contributed by atoms with Gasteiger partial charge in [-0.2, -0.15) is 0 Å². The Balaban J connectivity index is 3.17. The summed E-state index contributed by atoms with van der Waals surface area (Å²) < 4.78 is 1.41. The van der Waals surface area contributed by atoms with Gasteiger partial charge in [0.1, 0.15) is 0 Å². The van der Waals surface area contributed by atoms with Crippen molar-refractivity contribution in [1.29, 1.82) is 0 Å². The Labute approximate surface area is 60.8 Å². The number of hydrogen-bond donors (Lipinski definition) is 1. The third-order valence-electron chi connectivity index (χ3n) is 0.909. The monoisotopic (exact) mass is 188 g/mol. The zero-order chi connectivity index (χ0) is 6.85. The molecule has 0 saturated carbocycles. The maximum atomic E-state index is 10.5. The molecule has 0 aliphatic carbocycles. The van der Waals surface area contributed by atoms with Crippen molar-refractivity contribution in [2.45, 2.75) is 0 Å². The molecule has 0 fully saturated rings. The summed E-state index contributed by atoms with van der Waals surface area (Å²) in [5, 5.41) is 10.5. The van der Waals surface area contributed by atoms with Crippen LogP contribution in [-0.2, 0) is 0 Å². The lowest BCUT2D eigenvalue weighted by atomic mass is 10.5. The Morgan fingerprint density at radius 1 is 1.67 bits per heavy atom. The number of anilines is 1. The van der Waals surface area contributed by atoms with E-state index in [0.29, 0.717) is 4.73 Å². The van der Waals surface area contributed by atoms with Gasteiger partial charge in [0.2, 0.25) is 0 Å². The highest BCUT2D eigenvalue weighted by Gasteiger charge is 1.94. The minimum atomic E-state index is 0.198. The van der Waals surface area contributed by atoms with Crippen LogP contribution in [0.2, 0.25) is 0 Å². The van der Waals surface area contributed by atoms with Gasteiger partial charge in [-0.3, -0.25) is 5.73 Å². The predicted octanol–water partition coefficient (Wildman–Crippen LogP) is 0.665. The van der Waals surface area contributed by atoms with Crippen LogP contribution in [0.5, 0.6) is 0 Å². The molecule has 0 saturated heterocycles. The maximum Gasteiger partial charge on any atom is 0.276 e. The van der Waals surface area contributed by atoms with Crippen molar-refractivity contribution < 1.29 is 4.73 Å². The van der Waals surface area contributed by atoms with Crippen molar-refractivity contribution in [3.63, 3.8) is 0 Å². The Hall–Kier alpha value is -0.770. The fourth-order valence-electron chi connectivity index (χ4n) is 0.478. The molecule has 0 spiro atoms. The molecule has 3 nitrogen and oxygen atoms in total. The molecule has 0 aromatic carbocycles. The highest BCUT2D eigenvalue weighted by atomic mass is 79.9. The predicted molar refractivity (Wildman–Crippen MR) is 37.5 cm³/mol. The summed E-state index contributed by atoms with van der Waals surface area (Å²) in [5.74, 6) is 0.198. The summed E-state index contributed by atoms with van der Waals surface area (Å²) in [7, 11) is 0. The SMILES string of the molecule is Nc1cc(Br)cc[n+]1[O-]. The lowest BCUT2D eigenvalue weighted by Gasteiger charge is -2.02. The molecule has 0 aliphatic rings. The van der Waals surface area contributed by atoms with Gasteiger partial charge in [0.15, 0.2) is 0 Å². The second kappa shape index (κ2) is 2.23. The van der Waals surface area contributed by atoms with Gasteiger partial charge in [-0.05, 0) is 6.07 Å². The van der Waals surface area contributed by atoms with Crippen molar-refractivity contribution in [3.8, 4) is 0 Å². The molecule has 9 heavy (non-hydrogen) atoms. The standard InChI is InChI=1S/C5H5BrN2O/c6-4-1-2-8(9)5(7)3-4/h1-3H,7H2. The fraction of sp³-hybridized carbons (Fsp3) is 0. The first-order valence-corrected chi connectivity index (χ1v) is 3.13. The molecule has 2 N–H and O–H groups in total. The molecular weight excluding hydrogens is 184 g/mol. The number of pyridine rings is 1. The first-order chi connectivity index (χ1) is 4.20. The van der Waals surface area contributed by atoms with Crippen LogP contribution >= 0.6 is 15.9 Å². The van der Waals surface area contributed by atoms with E-state index in [0.717, 1.165) is 4.47 Å². The molecule has 1 heterocycles. The first kappa shape index (κ1) is 6.35. The second-order valence-corrected chi connectivity index (χ2v) is 2.51. The molecule has 48 valence electrons. The lowest BCUT2D eigenvalue weighted by molar-refractivity contribution is -0.590. The number of hydrogen-bond acceptors (Lipinski definition) is 2. The van der Waals surface area contributed by atoms with Crippen LogP contribution in [-0.4, -0.2) is 0 Å². The molecule has 1 aromatic rings. The van der Waals surface area contributed by atoms with Crippen LogP contribution in [0.1, 0.15) is 0 Å². The second-order valence-electron chi connectivity index (χ2n) is 1.60. The Kier molecular flexibility index (Phi) is 1.57. The average molecular weight is 189 g/mol. The van der Waals surface area contributed by atoms with Crippen molar-refractivity contribution in [1.82, 2.24) is 0 Å².